The van der Waals surface area contributed by atoms with Crippen molar-refractivity contribution in [3.8, 4) is 5.75 Å². The molecule has 1 aromatic carbocycles. The molecular formula is C13H17FO2. The normalized spacial score (nSPS) is 10.6. The van der Waals surface area contributed by atoms with E-state index in [1.807, 2.05) is 0 Å². The molecule has 0 amide bonds. The van der Waals surface area contributed by atoms with E-state index in [2.05, 4.69) is 13.8 Å². The lowest BCUT2D eigenvalue weighted by atomic mass is 9.98. The van der Waals surface area contributed by atoms with E-state index in [1.54, 1.807) is 6.07 Å². The van der Waals surface area contributed by atoms with Crippen LogP contribution in [0.15, 0.2) is 12.1 Å². The zero-order chi connectivity index (χ0) is 12.1. The Kier molecular flexibility index (Phi) is 4.47. The number of benzene rings is 1. The largest absolute Gasteiger partial charge is 0.494 e. The Morgan fingerprint density at radius 1 is 1.44 bits per heavy atom. The first-order valence-corrected chi connectivity index (χ1v) is 5.40. The Morgan fingerprint density at radius 2 is 2.12 bits per heavy atom. The number of aldehydes is 1. The molecule has 1 rings (SSSR count). The van der Waals surface area contributed by atoms with Crippen LogP contribution < -0.4 is 4.74 Å². The van der Waals surface area contributed by atoms with Crippen molar-refractivity contribution >= 4 is 6.29 Å². The molecule has 0 aliphatic carbocycles. The van der Waals surface area contributed by atoms with E-state index in [0.717, 1.165) is 6.42 Å². The Labute approximate surface area is 95.4 Å². The number of hydrogen-bond donors (Lipinski definition) is 0. The maximum absolute atomic E-state index is 13.9. The first kappa shape index (κ1) is 12.7. The third kappa shape index (κ3) is 2.81. The average Bonchev–Trinajstić information content (AvgIpc) is 2.26. The standard InChI is InChI=1S/C13H17FO2/c1-9(2)4-6-11-10(8-15)5-7-12(16-3)13(11)14/h5,7-9H,4,6H2,1-3H3. The third-order valence-corrected chi connectivity index (χ3v) is 2.56. The molecule has 0 aromatic heterocycles. The summed E-state index contributed by atoms with van der Waals surface area (Å²) in [7, 11) is 1.42. The van der Waals surface area contributed by atoms with Crippen molar-refractivity contribution in [1.82, 2.24) is 0 Å². The molecule has 0 saturated heterocycles. The van der Waals surface area contributed by atoms with Crippen LogP contribution in [0.4, 0.5) is 4.39 Å². The molecular weight excluding hydrogens is 207 g/mol. The fourth-order valence-corrected chi connectivity index (χ4v) is 1.57. The van der Waals surface area contributed by atoms with Gasteiger partial charge in [0.15, 0.2) is 11.6 Å². The van der Waals surface area contributed by atoms with Gasteiger partial charge in [0, 0.05) is 11.1 Å². The highest BCUT2D eigenvalue weighted by Crippen LogP contribution is 2.25. The van der Waals surface area contributed by atoms with Crippen LogP contribution in [0.1, 0.15) is 36.2 Å². The second-order valence-electron chi connectivity index (χ2n) is 4.20. The smallest absolute Gasteiger partial charge is 0.168 e. The number of halogens is 1. The van der Waals surface area contributed by atoms with Gasteiger partial charge in [-0.25, -0.2) is 4.39 Å². The van der Waals surface area contributed by atoms with Crippen molar-refractivity contribution in [3.63, 3.8) is 0 Å². The summed E-state index contributed by atoms with van der Waals surface area (Å²) in [6.45, 7) is 4.14. The van der Waals surface area contributed by atoms with Gasteiger partial charge in [0.1, 0.15) is 6.29 Å². The van der Waals surface area contributed by atoms with Crippen molar-refractivity contribution < 1.29 is 13.9 Å². The SMILES string of the molecule is COc1ccc(C=O)c(CCC(C)C)c1F. The topological polar surface area (TPSA) is 26.3 Å². The zero-order valence-corrected chi connectivity index (χ0v) is 9.92. The van der Waals surface area contributed by atoms with Crippen LogP contribution in [0.2, 0.25) is 0 Å². The minimum Gasteiger partial charge on any atom is -0.494 e. The van der Waals surface area contributed by atoms with Crippen molar-refractivity contribution in [1.29, 1.82) is 0 Å². The summed E-state index contributed by atoms with van der Waals surface area (Å²) in [6, 6.07) is 3.09. The minimum atomic E-state index is -0.409. The summed E-state index contributed by atoms with van der Waals surface area (Å²) >= 11 is 0. The molecule has 0 N–H and O–H groups in total. The lowest BCUT2D eigenvalue weighted by molar-refractivity contribution is 0.112. The molecule has 16 heavy (non-hydrogen) atoms. The number of carbonyl (C=O) groups is 1. The molecule has 0 radical (unpaired) electrons. The summed E-state index contributed by atoms with van der Waals surface area (Å²) < 4.78 is 18.8. The molecule has 88 valence electrons. The maximum atomic E-state index is 13.9. The van der Waals surface area contributed by atoms with Gasteiger partial charge < -0.3 is 4.74 Å². The van der Waals surface area contributed by atoms with E-state index < -0.39 is 5.82 Å². The molecule has 0 unspecified atom stereocenters. The number of rotatable bonds is 5. The first-order chi connectivity index (χ1) is 7.60. The molecule has 0 aliphatic heterocycles. The van der Waals surface area contributed by atoms with Gasteiger partial charge in [-0.15, -0.1) is 0 Å². The fraction of sp³-hybridized carbons (Fsp3) is 0.462. The molecule has 0 aliphatic rings. The van der Waals surface area contributed by atoms with Gasteiger partial charge in [0.2, 0.25) is 0 Å². The Hall–Kier alpha value is -1.38. The van der Waals surface area contributed by atoms with E-state index in [0.29, 0.717) is 29.8 Å². The molecule has 0 fully saturated rings. The second kappa shape index (κ2) is 5.64. The summed E-state index contributed by atoms with van der Waals surface area (Å²) in [5, 5.41) is 0. The van der Waals surface area contributed by atoms with Crippen LogP contribution in [-0.2, 0) is 6.42 Å². The summed E-state index contributed by atoms with van der Waals surface area (Å²) in [5.74, 6) is 0.266. The van der Waals surface area contributed by atoms with E-state index >= 15 is 0 Å². The Bertz CT molecular complexity index is 372. The zero-order valence-electron chi connectivity index (χ0n) is 9.92. The van der Waals surface area contributed by atoms with Crippen LogP contribution in [0.25, 0.3) is 0 Å². The summed E-state index contributed by atoms with van der Waals surface area (Å²) in [5.41, 5.74) is 0.877. The summed E-state index contributed by atoms with van der Waals surface area (Å²) in [6.07, 6.45) is 2.11. The van der Waals surface area contributed by atoms with Gasteiger partial charge in [0.25, 0.3) is 0 Å². The number of hydrogen-bond acceptors (Lipinski definition) is 2. The first-order valence-electron chi connectivity index (χ1n) is 5.40. The van der Waals surface area contributed by atoms with Gasteiger partial charge in [-0.2, -0.15) is 0 Å². The van der Waals surface area contributed by atoms with E-state index in [1.165, 1.54) is 13.2 Å². The van der Waals surface area contributed by atoms with Gasteiger partial charge >= 0.3 is 0 Å². The predicted molar refractivity (Wildman–Crippen MR) is 61.5 cm³/mol. The van der Waals surface area contributed by atoms with Crippen molar-refractivity contribution in [2.24, 2.45) is 5.92 Å². The Balaban J connectivity index is 3.06. The highest BCUT2D eigenvalue weighted by Gasteiger charge is 2.13. The monoisotopic (exact) mass is 224 g/mol. The van der Waals surface area contributed by atoms with E-state index in [-0.39, 0.29) is 5.75 Å². The summed E-state index contributed by atoms with van der Waals surface area (Å²) in [4.78, 5) is 10.8. The molecule has 0 saturated carbocycles. The van der Waals surface area contributed by atoms with Gasteiger partial charge in [-0.05, 0) is 30.9 Å². The van der Waals surface area contributed by atoms with Gasteiger partial charge in [-0.1, -0.05) is 13.8 Å². The van der Waals surface area contributed by atoms with Crippen LogP contribution in [0.3, 0.4) is 0 Å². The highest BCUT2D eigenvalue weighted by atomic mass is 19.1. The molecule has 0 atom stereocenters. The molecule has 3 heteroatoms. The van der Waals surface area contributed by atoms with E-state index in [9.17, 15) is 9.18 Å². The predicted octanol–water partition coefficient (Wildman–Crippen LogP) is 3.24. The van der Waals surface area contributed by atoms with Crippen LogP contribution in [0.5, 0.6) is 5.75 Å². The number of ether oxygens (including phenoxy) is 1. The van der Waals surface area contributed by atoms with Gasteiger partial charge in [0.05, 0.1) is 7.11 Å². The van der Waals surface area contributed by atoms with Crippen molar-refractivity contribution in [2.45, 2.75) is 26.7 Å². The number of carbonyl (C=O) groups excluding carboxylic acids is 1. The Morgan fingerprint density at radius 3 is 2.62 bits per heavy atom. The molecule has 0 bridgehead atoms. The molecule has 2 nitrogen and oxygen atoms in total. The second-order valence-corrected chi connectivity index (χ2v) is 4.20. The van der Waals surface area contributed by atoms with Crippen molar-refractivity contribution in [2.75, 3.05) is 7.11 Å². The highest BCUT2D eigenvalue weighted by molar-refractivity contribution is 5.77. The quantitative estimate of drug-likeness (QED) is 0.718. The maximum Gasteiger partial charge on any atom is 0.168 e. The van der Waals surface area contributed by atoms with E-state index in [4.69, 9.17) is 4.74 Å². The van der Waals surface area contributed by atoms with Crippen LogP contribution in [-0.4, -0.2) is 13.4 Å². The van der Waals surface area contributed by atoms with Gasteiger partial charge in [-0.3, -0.25) is 4.79 Å². The minimum absolute atomic E-state index is 0.198. The third-order valence-electron chi connectivity index (χ3n) is 2.56. The molecule has 0 heterocycles. The lowest BCUT2D eigenvalue weighted by Crippen LogP contribution is -2.02. The van der Waals surface area contributed by atoms with Crippen molar-refractivity contribution in [3.05, 3.63) is 29.1 Å². The van der Waals surface area contributed by atoms with Crippen LogP contribution >= 0.6 is 0 Å². The lowest BCUT2D eigenvalue weighted by Gasteiger charge is -2.11. The molecule has 0 spiro atoms. The number of methoxy groups -OCH3 is 1. The fourth-order valence-electron chi connectivity index (χ4n) is 1.57. The molecule has 1 aromatic rings. The average molecular weight is 224 g/mol. The van der Waals surface area contributed by atoms with Crippen LogP contribution in [0, 0.1) is 11.7 Å².